The van der Waals surface area contributed by atoms with Crippen molar-refractivity contribution in [1.82, 2.24) is 0 Å². The summed E-state index contributed by atoms with van der Waals surface area (Å²) in [5.41, 5.74) is 1.39. The molecule has 0 aliphatic rings. The van der Waals surface area contributed by atoms with Crippen LogP contribution in [0, 0.1) is 6.92 Å². The Kier molecular flexibility index (Phi) is 3.06. The number of ether oxygens (including phenoxy) is 2. The molecular weight excluding hydrogens is 236 g/mol. The van der Waals surface area contributed by atoms with E-state index in [0.29, 0.717) is 11.0 Å². The Balaban J connectivity index is 2.82. The predicted molar refractivity (Wildman–Crippen MR) is 63.6 cm³/mol. The van der Waals surface area contributed by atoms with Crippen LogP contribution in [0.15, 0.2) is 22.6 Å². The van der Waals surface area contributed by atoms with E-state index in [1.54, 1.807) is 12.1 Å². The summed E-state index contributed by atoms with van der Waals surface area (Å²) < 4.78 is 14.7. The van der Waals surface area contributed by atoms with Gasteiger partial charge in [-0.05, 0) is 18.6 Å². The highest BCUT2D eigenvalue weighted by atomic mass is 16.5. The first-order chi connectivity index (χ1) is 8.60. The molecule has 0 atom stereocenters. The van der Waals surface area contributed by atoms with Crippen molar-refractivity contribution in [2.45, 2.75) is 6.92 Å². The maximum Gasteiger partial charge on any atom is 0.374 e. The summed E-state index contributed by atoms with van der Waals surface area (Å²) in [7, 11) is 2.48. The minimum atomic E-state index is -0.703. The third-order valence-electron chi connectivity index (χ3n) is 2.68. The van der Waals surface area contributed by atoms with Crippen molar-refractivity contribution < 1.29 is 23.5 Å². The number of methoxy groups -OCH3 is 2. The maximum atomic E-state index is 11.8. The van der Waals surface area contributed by atoms with Crippen LogP contribution < -0.4 is 0 Å². The Morgan fingerprint density at radius 1 is 1.11 bits per heavy atom. The van der Waals surface area contributed by atoms with Gasteiger partial charge in [-0.25, -0.2) is 9.59 Å². The molecule has 5 heteroatoms. The van der Waals surface area contributed by atoms with Crippen LogP contribution in [0.5, 0.6) is 0 Å². The van der Waals surface area contributed by atoms with E-state index in [2.05, 4.69) is 9.47 Å². The van der Waals surface area contributed by atoms with Crippen molar-refractivity contribution in [3.05, 3.63) is 35.1 Å². The number of hydrogen-bond acceptors (Lipinski definition) is 5. The van der Waals surface area contributed by atoms with E-state index in [-0.39, 0.29) is 11.3 Å². The van der Waals surface area contributed by atoms with Gasteiger partial charge < -0.3 is 13.9 Å². The molecule has 5 nitrogen and oxygen atoms in total. The lowest BCUT2D eigenvalue weighted by Gasteiger charge is -2.00. The fourth-order valence-corrected chi connectivity index (χ4v) is 1.85. The zero-order valence-electron chi connectivity index (χ0n) is 10.3. The molecule has 2 aromatic rings. The summed E-state index contributed by atoms with van der Waals surface area (Å²) in [4.78, 5) is 23.4. The van der Waals surface area contributed by atoms with E-state index >= 15 is 0 Å². The number of fused-ring (bicyclic) bond motifs is 1. The van der Waals surface area contributed by atoms with Crippen molar-refractivity contribution in [2.75, 3.05) is 14.2 Å². The maximum absolute atomic E-state index is 11.8. The van der Waals surface area contributed by atoms with Gasteiger partial charge in [0.15, 0.2) is 0 Å². The van der Waals surface area contributed by atoms with E-state index < -0.39 is 11.9 Å². The normalized spacial score (nSPS) is 10.4. The van der Waals surface area contributed by atoms with Crippen molar-refractivity contribution >= 4 is 22.9 Å². The van der Waals surface area contributed by atoms with Crippen LogP contribution in [-0.4, -0.2) is 26.2 Å². The van der Waals surface area contributed by atoms with Crippen LogP contribution in [0.25, 0.3) is 11.0 Å². The van der Waals surface area contributed by atoms with E-state index in [0.717, 1.165) is 5.56 Å². The van der Waals surface area contributed by atoms with Gasteiger partial charge >= 0.3 is 11.9 Å². The predicted octanol–water partition coefficient (Wildman–Crippen LogP) is 2.31. The van der Waals surface area contributed by atoms with E-state index in [4.69, 9.17) is 4.42 Å². The molecule has 1 aromatic carbocycles. The van der Waals surface area contributed by atoms with Gasteiger partial charge in [-0.15, -0.1) is 0 Å². The van der Waals surface area contributed by atoms with Gasteiger partial charge in [0.2, 0.25) is 5.76 Å². The summed E-state index contributed by atoms with van der Waals surface area (Å²) in [6.07, 6.45) is 0. The molecule has 18 heavy (non-hydrogen) atoms. The van der Waals surface area contributed by atoms with Crippen LogP contribution in [0.4, 0.5) is 0 Å². The van der Waals surface area contributed by atoms with Crippen LogP contribution in [0.1, 0.15) is 26.5 Å². The second kappa shape index (κ2) is 4.52. The molecular formula is C13H12O5. The average molecular weight is 248 g/mol. The van der Waals surface area contributed by atoms with Gasteiger partial charge in [0, 0.05) is 5.39 Å². The number of esters is 2. The molecule has 1 aromatic heterocycles. The van der Waals surface area contributed by atoms with E-state index in [1.807, 2.05) is 13.0 Å². The molecule has 0 aliphatic heterocycles. The van der Waals surface area contributed by atoms with Gasteiger partial charge in [0.25, 0.3) is 0 Å². The lowest BCUT2D eigenvalue weighted by atomic mass is 10.1. The highest BCUT2D eigenvalue weighted by molar-refractivity contribution is 6.12. The number of aryl methyl sites for hydroxylation is 1. The summed E-state index contributed by atoms with van der Waals surface area (Å²) in [5.74, 6) is -1.46. The number of rotatable bonds is 2. The Morgan fingerprint density at radius 2 is 1.78 bits per heavy atom. The Hall–Kier alpha value is -2.30. The highest BCUT2D eigenvalue weighted by Gasteiger charge is 2.27. The molecule has 0 spiro atoms. The molecule has 2 rings (SSSR count). The fourth-order valence-electron chi connectivity index (χ4n) is 1.85. The van der Waals surface area contributed by atoms with E-state index in [1.165, 1.54) is 14.2 Å². The molecule has 94 valence electrons. The molecule has 0 amide bonds. The fraction of sp³-hybridized carbons (Fsp3) is 0.231. The first-order valence-electron chi connectivity index (χ1n) is 5.29. The third kappa shape index (κ3) is 1.73. The Morgan fingerprint density at radius 3 is 2.39 bits per heavy atom. The summed E-state index contributed by atoms with van der Waals surface area (Å²) in [6.45, 7) is 1.82. The van der Waals surface area contributed by atoms with Crippen molar-refractivity contribution in [2.24, 2.45) is 0 Å². The number of benzene rings is 1. The monoisotopic (exact) mass is 248 g/mol. The molecule has 0 saturated carbocycles. The van der Waals surface area contributed by atoms with E-state index in [9.17, 15) is 9.59 Å². The quantitative estimate of drug-likeness (QED) is 0.763. The third-order valence-corrected chi connectivity index (χ3v) is 2.68. The van der Waals surface area contributed by atoms with Gasteiger partial charge in [-0.3, -0.25) is 0 Å². The zero-order chi connectivity index (χ0) is 13.3. The summed E-state index contributed by atoms with van der Waals surface area (Å²) in [5, 5.41) is 0.574. The zero-order valence-corrected chi connectivity index (χ0v) is 10.3. The number of hydrogen-bond donors (Lipinski definition) is 0. The Labute approximate surface area is 103 Å². The van der Waals surface area contributed by atoms with Gasteiger partial charge in [-0.1, -0.05) is 12.1 Å². The molecule has 0 fully saturated rings. The summed E-state index contributed by atoms with van der Waals surface area (Å²) in [6, 6.07) is 5.29. The van der Waals surface area contributed by atoms with Crippen LogP contribution in [0.3, 0.4) is 0 Å². The lowest BCUT2D eigenvalue weighted by molar-refractivity contribution is 0.0531. The molecule has 1 heterocycles. The minimum absolute atomic E-state index is 0.109. The second-order valence-electron chi connectivity index (χ2n) is 3.74. The van der Waals surface area contributed by atoms with Crippen molar-refractivity contribution in [3.8, 4) is 0 Å². The van der Waals surface area contributed by atoms with Crippen molar-refractivity contribution in [1.29, 1.82) is 0 Å². The Bertz CT molecular complexity index is 624. The number of carbonyl (C=O) groups excluding carboxylic acids is 2. The average Bonchev–Trinajstić information content (AvgIpc) is 2.77. The molecule has 0 bridgehead atoms. The molecule has 0 N–H and O–H groups in total. The van der Waals surface area contributed by atoms with Gasteiger partial charge in [0.1, 0.15) is 11.1 Å². The minimum Gasteiger partial charge on any atom is -0.465 e. The topological polar surface area (TPSA) is 65.7 Å². The van der Waals surface area contributed by atoms with Gasteiger partial charge in [0.05, 0.1) is 14.2 Å². The first kappa shape index (κ1) is 12.2. The first-order valence-corrected chi connectivity index (χ1v) is 5.29. The SMILES string of the molecule is COC(=O)c1oc2cccc(C)c2c1C(=O)OC. The smallest absolute Gasteiger partial charge is 0.374 e. The molecule has 0 aliphatic carbocycles. The molecule has 0 unspecified atom stereocenters. The largest absolute Gasteiger partial charge is 0.465 e. The summed E-state index contributed by atoms with van der Waals surface area (Å²) >= 11 is 0. The lowest BCUT2D eigenvalue weighted by Crippen LogP contribution is -2.09. The molecule has 0 saturated heterocycles. The van der Waals surface area contributed by atoms with Gasteiger partial charge in [-0.2, -0.15) is 0 Å². The van der Waals surface area contributed by atoms with Crippen molar-refractivity contribution in [3.63, 3.8) is 0 Å². The standard InChI is InChI=1S/C13H12O5/c1-7-5-4-6-8-9(7)10(12(14)16-2)11(18-8)13(15)17-3/h4-6H,1-3H3. The van der Waals surface area contributed by atoms with Crippen LogP contribution in [-0.2, 0) is 9.47 Å². The number of carbonyl (C=O) groups is 2. The highest BCUT2D eigenvalue weighted by Crippen LogP contribution is 2.29. The second-order valence-corrected chi connectivity index (χ2v) is 3.74. The van der Waals surface area contributed by atoms with Crippen LogP contribution >= 0.6 is 0 Å². The van der Waals surface area contributed by atoms with Crippen LogP contribution in [0.2, 0.25) is 0 Å². The molecule has 0 radical (unpaired) electrons. The number of furan rings is 1.